The molecule has 110 valence electrons. The van der Waals surface area contributed by atoms with Crippen molar-refractivity contribution in [2.75, 3.05) is 19.7 Å². The minimum absolute atomic E-state index is 0.0301. The summed E-state index contributed by atoms with van der Waals surface area (Å²) in [7, 11) is 0. The maximum atomic E-state index is 12.4. The van der Waals surface area contributed by atoms with Crippen molar-refractivity contribution < 1.29 is 9.90 Å². The van der Waals surface area contributed by atoms with Crippen LogP contribution >= 0.6 is 0 Å². The molecule has 0 spiro atoms. The molecule has 0 aliphatic heterocycles. The molecule has 0 aliphatic rings. The molecule has 1 amide bonds. The van der Waals surface area contributed by atoms with Gasteiger partial charge in [-0.25, -0.2) is 0 Å². The van der Waals surface area contributed by atoms with Crippen LogP contribution in [0.25, 0.3) is 0 Å². The van der Waals surface area contributed by atoms with Crippen LogP contribution in [0.1, 0.15) is 41.3 Å². The third-order valence-corrected chi connectivity index (χ3v) is 2.96. The zero-order valence-corrected chi connectivity index (χ0v) is 12.5. The molecule has 0 fully saturated rings. The number of amides is 1. The van der Waals surface area contributed by atoms with E-state index in [0.717, 1.165) is 11.1 Å². The lowest BCUT2D eigenvalue weighted by molar-refractivity contribution is 0.0767. The molecule has 0 heterocycles. The Morgan fingerprint density at radius 2 is 2.10 bits per heavy atom. The van der Waals surface area contributed by atoms with Crippen molar-refractivity contribution in [1.82, 2.24) is 4.90 Å². The first-order chi connectivity index (χ1) is 10.1. The maximum absolute atomic E-state index is 12.4. The number of nitrogens with zero attached hydrogens (tertiary/aromatic N) is 2. The summed E-state index contributed by atoms with van der Waals surface area (Å²) in [5, 5.41) is 17.4. The van der Waals surface area contributed by atoms with E-state index in [2.05, 4.69) is 17.9 Å². The summed E-state index contributed by atoms with van der Waals surface area (Å²) in [6.45, 7) is 4.85. The first-order valence-corrected chi connectivity index (χ1v) is 7.00. The fraction of sp³-hybridized carbons (Fsp3) is 0.412. The third-order valence-electron chi connectivity index (χ3n) is 2.96. The van der Waals surface area contributed by atoms with Gasteiger partial charge in [0.2, 0.25) is 0 Å². The number of carbonyl (C=O) groups is 1. The quantitative estimate of drug-likeness (QED) is 0.842. The zero-order valence-electron chi connectivity index (χ0n) is 12.5. The largest absolute Gasteiger partial charge is 0.395 e. The molecule has 4 heteroatoms. The number of aliphatic hydroxyl groups is 1. The number of nitriles is 1. The van der Waals surface area contributed by atoms with Gasteiger partial charge in [0.25, 0.3) is 5.91 Å². The molecular formula is C17H20N2O2. The molecular weight excluding hydrogens is 264 g/mol. The second-order valence-electron chi connectivity index (χ2n) is 4.66. The smallest absolute Gasteiger partial charge is 0.253 e. The molecule has 4 nitrogen and oxygen atoms in total. The van der Waals surface area contributed by atoms with Gasteiger partial charge in [-0.3, -0.25) is 4.79 Å². The summed E-state index contributed by atoms with van der Waals surface area (Å²) in [6.07, 6.45) is 0.745. The number of hydrogen-bond acceptors (Lipinski definition) is 3. The van der Waals surface area contributed by atoms with Crippen molar-refractivity contribution in [3.05, 3.63) is 34.9 Å². The van der Waals surface area contributed by atoms with E-state index in [1.807, 2.05) is 26.0 Å². The fourth-order valence-corrected chi connectivity index (χ4v) is 1.97. The molecule has 0 aliphatic carbocycles. The molecule has 1 aromatic rings. The van der Waals surface area contributed by atoms with Crippen LogP contribution in [-0.2, 0) is 0 Å². The minimum atomic E-state index is -0.0818. The van der Waals surface area contributed by atoms with Crippen LogP contribution in [0.5, 0.6) is 0 Å². The fourth-order valence-electron chi connectivity index (χ4n) is 1.97. The maximum Gasteiger partial charge on any atom is 0.253 e. The monoisotopic (exact) mass is 284 g/mol. The Bertz CT molecular complexity index is 591. The topological polar surface area (TPSA) is 64.3 Å². The molecule has 1 N–H and O–H groups in total. The Balaban J connectivity index is 2.99. The molecule has 1 aromatic carbocycles. The minimum Gasteiger partial charge on any atom is -0.395 e. The Hall–Kier alpha value is -2.30. The van der Waals surface area contributed by atoms with Crippen molar-refractivity contribution in [3.8, 4) is 17.9 Å². The second kappa shape index (κ2) is 8.79. The lowest BCUT2D eigenvalue weighted by Gasteiger charge is -2.19. The van der Waals surface area contributed by atoms with Gasteiger partial charge in [-0.2, -0.15) is 5.26 Å². The van der Waals surface area contributed by atoms with E-state index in [9.17, 15) is 4.79 Å². The van der Waals surface area contributed by atoms with E-state index in [1.54, 1.807) is 11.0 Å². The lowest BCUT2D eigenvalue weighted by Crippen LogP contribution is -2.31. The van der Waals surface area contributed by atoms with E-state index < -0.39 is 0 Å². The van der Waals surface area contributed by atoms with Crippen molar-refractivity contribution in [3.63, 3.8) is 0 Å². The second-order valence-corrected chi connectivity index (χ2v) is 4.66. The van der Waals surface area contributed by atoms with Crippen LogP contribution in [0.2, 0.25) is 0 Å². The number of hydrogen-bond donors (Lipinski definition) is 1. The van der Waals surface area contributed by atoms with Crippen LogP contribution < -0.4 is 0 Å². The Labute approximate surface area is 126 Å². The highest BCUT2D eigenvalue weighted by molar-refractivity contribution is 5.94. The Kier molecular flexibility index (Phi) is 7.01. The molecule has 0 aromatic heterocycles. The van der Waals surface area contributed by atoms with Gasteiger partial charge in [0.15, 0.2) is 0 Å². The highest BCUT2D eigenvalue weighted by Crippen LogP contribution is 2.12. The average molecular weight is 284 g/mol. The van der Waals surface area contributed by atoms with E-state index in [1.165, 1.54) is 0 Å². The van der Waals surface area contributed by atoms with E-state index in [4.69, 9.17) is 10.4 Å². The number of aliphatic hydroxyl groups excluding tert-OH is 1. The van der Waals surface area contributed by atoms with Crippen LogP contribution in [0.4, 0.5) is 0 Å². The SMILES string of the molecule is CCN(CCC#N)C(=O)c1cc(C)cc(C#CCCO)c1. The number of benzene rings is 1. The van der Waals surface area contributed by atoms with Crippen LogP contribution in [0.15, 0.2) is 18.2 Å². The van der Waals surface area contributed by atoms with Gasteiger partial charge in [0, 0.05) is 30.6 Å². The summed E-state index contributed by atoms with van der Waals surface area (Å²) >= 11 is 0. The van der Waals surface area contributed by atoms with Gasteiger partial charge in [-0.05, 0) is 37.6 Å². The van der Waals surface area contributed by atoms with Crippen LogP contribution in [0.3, 0.4) is 0 Å². The van der Waals surface area contributed by atoms with E-state index in [0.29, 0.717) is 31.5 Å². The van der Waals surface area contributed by atoms with E-state index in [-0.39, 0.29) is 12.5 Å². The Morgan fingerprint density at radius 3 is 2.71 bits per heavy atom. The molecule has 1 rings (SSSR count). The summed E-state index contributed by atoms with van der Waals surface area (Å²) in [5.74, 6) is 5.72. The van der Waals surface area contributed by atoms with Gasteiger partial charge in [-0.15, -0.1) is 0 Å². The average Bonchev–Trinajstić information content (AvgIpc) is 2.47. The molecule has 0 unspecified atom stereocenters. The molecule has 0 saturated carbocycles. The summed E-state index contributed by atoms with van der Waals surface area (Å²) in [4.78, 5) is 14.1. The number of aryl methyl sites for hydroxylation is 1. The van der Waals surface area contributed by atoms with Gasteiger partial charge in [0.05, 0.1) is 19.1 Å². The van der Waals surface area contributed by atoms with Crippen molar-refractivity contribution in [1.29, 1.82) is 5.26 Å². The van der Waals surface area contributed by atoms with Gasteiger partial charge in [-0.1, -0.05) is 11.8 Å². The molecule has 0 atom stereocenters. The molecule has 21 heavy (non-hydrogen) atoms. The summed E-state index contributed by atoms with van der Waals surface area (Å²) in [6, 6.07) is 7.55. The van der Waals surface area contributed by atoms with Gasteiger partial charge < -0.3 is 10.0 Å². The van der Waals surface area contributed by atoms with Crippen LogP contribution in [-0.4, -0.2) is 35.6 Å². The summed E-state index contributed by atoms with van der Waals surface area (Å²) in [5.41, 5.74) is 2.32. The van der Waals surface area contributed by atoms with Crippen LogP contribution in [0, 0.1) is 30.1 Å². The number of rotatable bonds is 5. The highest BCUT2D eigenvalue weighted by Gasteiger charge is 2.14. The number of carbonyl (C=O) groups excluding carboxylic acids is 1. The van der Waals surface area contributed by atoms with Gasteiger partial charge >= 0.3 is 0 Å². The predicted molar refractivity (Wildman–Crippen MR) is 81.6 cm³/mol. The normalized spacial score (nSPS) is 9.43. The predicted octanol–water partition coefficient (Wildman–Crippen LogP) is 2.10. The standard InChI is InChI=1S/C17H20N2O2/c1-3-19(9-6-8-18)17(21)16-12-14(2)11-15(13-16)7-4-5-10-20/h11-13,20H,3,5-6,9-10H2,1-2H3. The molecule has 0 saturated heterocycles. The van der Waals surface area contributed by atoms with Crippen molar-refractivity contribution in [2.45, 2.75) is 26.7 Å². The lowest BCUT2D eigenvalue weighted by atomic mass is 10.1. The first-order valence-electron chi connectivity index (χ1n) is 7.00. The first kappa shape index (κ1) is 16.8. The third kappa shape index (κ3) is 5.30. The van der Waals surface area contributed by atoms with Gasteiger partial charge in [0.1, 0.15) is 0 Å². The van der Waals surface area contributed by atoms with Crippen molar-refractivity contribution in [2.24, 2.45) is 0 Å². The highest BCUT2D eigenvalue weighted by atomic mass is 16.2. The zero-order chi connectivity index (χ0) is 15.7. The van der Waals surface area contributed by atoms with E-state index >= 15 is 0 Å². The molecule has 0 bridgehead atoms. The van der Waals surface area contributed by atoms with Crippen molar-refractivity contribution >= 4 is 5.91 Å². The molecule has 0 radical (unpaired) electrons. The summed E-state index contributed by atoms with van der Waals surface area (Å²) < 4.78 is 0. The Morgan fingerprint density at radius 1 is 1.33 bits per heavy atom.